The number of hydrogen-bond acceptors (Lipinski definition) is 2. The van der Waals surface area contributed by atoms with Gasteiger partial charge in [0.25, 0.3) is 0 Å². The number of carbonyl (C=O) groups excluding carboxylic acids is 1. The predicted molar refractivity (Wildman–Crippen MR) is 64.3 cm³/mol. The SMILES string of the molecule is CN1CCC[C@H]1Cc1ccccc1C(N)=O. The van der Waals surface area contributed by atoms with Gasteiger partial charge < -0.3 is 10.6 Å². The molecule has 0 saturated carbocycles. The van der Waals surface area contributed by atoms with Crippen molar-refractivity contribution in [2.24, 2.45) is 5.73 Å². The number of carbonyl (C=O) groups is 1. The number of primary amides is 1. The van der Waals surface area contributed by atoms with E-state index in [1.54, 1.807) is 0 Å². The van der Waals surface area contributed by atoms with E-state index in [0.29, 0.717) is 11.6 Å². The minimum atomic E-state index is -0.323. The van der Waals surface area contributed by atoms with E-state index in [9.17, 15) is 4.79 Å². The summed E-state index contributed by atoms with van der Waals surface area (Å²) in [6, 6.07) is 8.21. The van der Waals surface area contributed by atoms with Crippen LogP contribution in [0.25, 0.3) is 0 Å². The van der Waals surface area contributed by atoms with Gasteiger partial charge in [0.2, 0.25) is 5.91 Å². The molecule has 86 valence electrons. The fourth-order valence-corrected chi connectivity index (χ4v) is 2.43. The molecule has 1 saturated heterocycles. The van der Waals surface area contributed by atoms with Gasteiger partial charge in [0.05, 0.1) is 0 Å². The monoisotopic (exact) mass is 218 g/mol. The number of likely N-dealkylation sites (tertiary alicyclic amines) is 1. The Labute approximate surface area is 96.2 Å². The molecule has 0 spiro atoms. The first-order valence-electron chi connectivity index (χ1n) is 5.76. The first-order valence-corrected chi connectivity index (χ1v) is 5.76. The molecule has 1 aromatic carbocycles. The summed E-state index contributed by atoms with van der Waals surface area (Å²) in [6.07, 6.45) is 3.39. The topological polar surface area (TPSA) is 46.3 Å². The minimum absolute atomic E-state index is 0.323. The summed E-state index contributed by atoms with van der Waals surface area (Å²) in [6.45, 7) is 1.16. The Balaban J connectivity index is 2.17. The summed E-state index contributed by atoms with van der Waals surface area (Å²) >= 11 is 0. The Morgan fingerprint density at radius 2 is 2.25 bits per heavy atom. The van der Waals surface area contributed by atoms with Crippen molar-refractivity contribution in [1.82, 2.24) is 4.90 Å². The van der Waals surface area contributed by atoms with Crippen LogP contribution in [-0.2, 0) is 6.42 Å². The normalized spacial score (nSPS) is 21.2. The van der Waals surface area contributed by atoms with Crippen LogP contribution in [0.2, 0.25) is 0 Å². The Kier molecular flexibility index (Phi) is 3.25. The van der Waals surface area contributed by atoms with E-state index in [0.717, 1.165) is 18.5 Å². The molecule has 0 radical (unpaired) electrons. The molecule has 1 fully saturated rings. The Bertz CT molecular complexity index is 389. The maximum absolute atomic E-state index is 11.3. The van der Waals surface area contributed by atoms with Gasteiger partial charge in [0.15, 0.2) is 0 Å². The summed E-state index contributed by atoms with van der Waals surface area (Å²) in [5.41, 5.74) is 7.12. The van der Waals surface area contributed by atoms with Gasteiger partial charge in [-0.05, 0) is 44.5 Å². The Hall–Kier alpha value is -1.35. The van der Waals surface area contributed by atoms with E-state index in [-0.39, 0.29) is 5.91 Å². The van der Waals surface area contributed by atoms with E-state index in [1.807, 2.05) is 24.3 Å². The molecule has 0 aromatic heterocycles. The number of amides is 1. The van der Waals surface area contributed by atoms with Gasteiger partial charge in [-0.1, -0.05) is 18.2 Å². The van der Waals surface area contributed by atoms with Crippen molar-refractivity contribution in [2.75, 3.05) is 13.6 Å². The second-order valence-corrected chi connectivity index (χ2v) is 4.50. The molecule has 1 aromatic rings. The van der Waals surface area contributed by atoms with E-state index in [4.69, 9.17) is 5.73 Å². The number of likely N-dealkylation sites (N-methyl/N-ethyl adjacent to an activating group) is 1. The molecule has 0 bridgehead atoms. The largest absolute Gasteiger partial charge is 0.366 e. The molecule has 1 amide bonds. The number of benzene rings is 1. The zero-order valence-electron chi connectivity index (χ0n) is 9.65. The number of hydrogen-bond donors (Lipinski definition) is 1. The smallest absolute Gasteiger partial charge is 0.248 e. The van der Waals surface area contributed by atoms with E-state index in [1.165, 1.54) is 12.8 Å². The average molecular weight is 218 g/mol. The van der Waals surface area contributed by atoms with Crippen LogP contribution < -0.4 is 5.73 Å². The van der Waals surface area contributed by atoms with Crippen molar-refractivity contribution in [3.63, 3.8) is 0 Å². The van der Waals surface area contributed by atoms with Crippen LogP contribution >= 0.6 is 0 Å². The Morgan fingerprint density at radius 1 is 1.50 bits per heavy atom. The number of nitrogens with two attached hydrogens (primary N) is 1. The lowest BCUT2D eigenvalue weighted by atomic mass is 9.99. The molecule has 1 atom stereocenters. The van der Waals surface area contributed by atoms with Gasteiger partial charge in [-0.25, -0.2) is 0 Å². The summed E-state index contributed by atoms with van der Waals surface area (Å²) in [5.74, 6) is -0.323. The molecular weight excluding hydrogens is 200 g/mol. The van der Waals surface area contributed by atoms with Crippen molar-refractivity contribution in [1.29, 1.82) is 0 Å². The lowest BCUT2D eigenvalue weighted by Gasteiger charge is -2.20. The molecule has 1 heterocycles. The first-order chi connectivity index (χ1) is 7.68. The van der Waals surface area contributed by atoms with Gasteiger partial charge in [0, 0.05) is 11.6 Å². The Morgan fingerprint density at radius 3 is 2.88 bits per heavy atom. The van der Waals surface area contributed by atoms with Gasteiger partial charge >= 0.3 is 0 Å². The highest BCUT2D eigenvalue weighted by molar-refractivity contribution is 5.94. The second-order valence-electron chi connectivity index (χ2n) is 4.50. The van der Waals surface area contributed by atoms with Crippen molar-refractivity contribution in [2.45, 2.75) is 25.3 Å². The molecule has 2 rings (SSSR count). The maximum atomic E-state index is 11.3. The van der Waals surface area contributed by atoms with E-state index in [2.05, 4.69) is 11.9 Å². The third-order valence-electron chi connectivity index (χ3n) is 3.41. The van der Waals surface area contributed by atoms with Crippen LogP contribution in [0.4, 0.5) is 0 Å². The van der Waals surface area contributed by atoms with Crippen molar-refractivity contribution in [3.8, 4) is 0 Å². The number of rotatable bonds is 3. The zero-order valence-corrected chi connectivity index (χ0v) is 9.65. The molecule has 1 aliphatic heterocycles. The summed E-state index contributed by atoms with van der Waals surface area (Å²) in [5, 5.41) is 0. The number of nitrogens with zero attached hydrogens (tertiary/aromatic N) is 1. The molecule has 0 aliphatic carbocycles. The van der Waals surface area contributed by atoms with E-state index >= 15 is 0 Å². The van der Waals surface area contributed by atoms with Crippen LogP contribution in [0.1, 0.15) is 28.8 Å². The van der Waals surface area contributed by atoms with Crippen molar-refractivity contribution >= 4 is 5.91 Å². The quantitative estimate of drug-likeness (QED) is 0.834. The van der Waals surface area contributed by atoms with Gasteiger partial charge in [-0.3, -0.25) is 4.79 Å². The lowest BCUT2D eigenvalue weighted by molar-refractivity contribution is 0.0999. The fraction of sp³-hybridized carbons (Fsp3) is 0.462. The van der Waals surface area contributed by atoms with Gasteiger partial charge in [-0.15, -0.1) is 0 Å². The highest BCUT2D eigenvalue weighted by atomic mass is 16.1. The first kappa shape index (κ1) is 11.1. The lowest BCUT2D eigenvalue weighted by Crippen LogP contribution is -2.28. The van der Waals surface area contributed by atoms with Crippen molar-refractivity contribution < 1.29 is 4.79 Å². The van der Waals surface area contributed by atoms with Crippen LogP contribution in [0.15, 0.2) is 24.3 Å². The van der Waals surface area contributed by atoms with Crippen LogP contribution in [-0.4, -0.2) is 30.4 Å². The van der Waals surface area contributed by atoms with E-state index < -0.39 is 0 Å². The van der Waals surface area contributed by atoms with Crippen LogP contribution in [0.5, 0.6) is 0 Å². The summed E-state index contributed by atoms with van der Waals surface area (Å²) in [7, 11) is 2.14. The average Bonchev–Trinajstić information content (AvgIpc) is 2.65. The highest BCUT2D eigenvalue weighted by Crippen LogP contribution is 2.20. The molecule has 3 heteroatoms. The van der Waals surface area contributed by atoms with Crippen LogP contribution in [0, 0.1) is 0 Å². The highest BCUT2D eigenvalue weighted by Gasteiger charge is 2.22. The third kappa shape index (κ3) is 2.25. The predicted octanol–water partition coefficient (Wildman–Crippen LogP) is 1.42. The maximum Gasteiger partial charge on any atom is 0.248 e. The zero-order chi connectivity index (χ0) is 11.5. The molecule has 3 nitrogen and oxygen atoms in total. The van der Waals surface area contributed by atoms with Gasteiger partial charge in [-0.2, -0.15) is 0 Å². The minimum Gasteiger partial charge on any atom is -0.366 e. The standard InChI is InChI=1S/C13H18N2O/c1-15-8-4-6-11(15)9-10-5-2-3-7-12(10)13(14)16/h2-3,5,7,11H,4,6,8-9H2,1H3,(H2,14,16)/t11-/m0/s1. The third-order valence-corrected chi connectivity index (χ3v) is 3.41. The molecule has 1 aliphatic rings. The molecule has 2 N–H and O–H groups in total. The molecular formula is C13H18N2O. The van der Waals surface area contributed by atoms with Gasteiger partial charge in [0.1, 0.15) is 0 Å². The molecule has 0 unspecified atom stereocenters. The summed E-state index contributed by atoms with van der Waals surface area (Å²) in [4.78, 5) is 13.6. The summed E-state index contributed by atoms with van der Waals surface area (Å²) < 4.78 is 0. The van der Waals surface area contributed by atoms with Crippen LogP contribution in [0.3, 0.4) is 0 Å². The fourth-order valence-electron chi connectivity index (χ4n) is 2.43. The molecule has 16 heavy (non-hydrogen) atoms. The second kappa shape index (κ2) is 4.66. The van der Waals surface area contributed by atoms with Crippen molar-refractivity contribution in [3.05, 3.63) is 35.4 Å².